The van der Waals surface area contributed by atoms with Crippen LogP contribution < -0.4 is 4.52 Å². The summed E-state index contributed by atoms with van der Waals surface area (Å²) in [7, 11) is -2.51. The minimum absolute atomic E-state index is 0.172. The van der Waals surface area contributed by atoms with Crippen molar-refractivity contribution in [3.8, 4) is 11.5 Å². The zero-order chi connectivity index (χ0) is 27.4. The van der Waals surface area contributed by atoms with E-state index >= 15 is 0 Å². The van der Waals surface area contributed by atoms with E-state index in [1.54, 1.807) is 11.8 Å². The van der Waals surface area contributed by atoms with E-state index in [0.29, 0.717) is 17.4 Å². The van der Waals surface area contributed by atoms with Crippen molar-refractivity contribution in [3.05, 3.63) is 46.0 Å². The van der Waals surface area contributed by atoms with E-state index in [1.807, 2.05) is 19.1 Å². The maximum absolute atomic E-state index is 10.6. The van der Waals surface area contributed by atoms with Crippen LogP contribution in [0.5, 0.6) is 11.5 Å². The van der Waals surface area contributed by atoms with Gasteiger partial charge in [0.2, 0.25) is 0 Å². The molecule has 0 aliphatic rings. The van der Waals surface area contributed by atoms with Gasteiger partial charge in [0.15, 0.2) is 0 Å². The van der Waals surface area contributed by atoms with Crippen LogP contribution in [-0.4, -0.2) is 14.9 Å². The second-order valence-corrected chi connectivity index (χ2v) is 14.2. The van der Waals surface area contributed by atoms with E-state index in [-0.39, 0.29) is 10.8 Å². The Labute approximate surface area is 224 Å². The summed E-state index contributed by atoms with van der Waals surface area (Å²) in [4.78, 5) is 21.8. The summed E-state index contributed by atoms with van der Waals surface area (Å²) in [6, 6.07) is 5.95. The lowest BCUT2D eigenvalue weighted by Crippen LogP contribution is -2.17. The SMILES string of the molecule is Cc1cc(O)c(C(C)(C)C)cc1Sc1c(C)cc(OP(O)O)c(C(C)(C)C)c1CCCCCC(C)C. The Morgan fingerprint density at radius 3 is 2.06 bits per heavy atom. The van der Waals surface area contributed by atoms with Gasteiger partial charge >= 0.3 is 8.60 Å². The average molecular weight is 535 g/mol. The highest BCUT2D eigenvalue weighted by Gasteiger charge is 2.29. The van der Waals surface area contributed by atoms with Gasteiger partial charge in [-0.3, -0.25) is 0 Å². The molecule has 36 heavy (non-hydrogen) atoms. The first-order chi connectivity index (χ1) is 16.5. The molecule has 0 unspecified atom stereocenters. The molecular weight excluding hydrogens is 487 g/mol. The second kappa shape index (κ2) is 12.5. The summed E-state index contributed by atoms with van der Waals surface area (Å²) in [6.45, 7) is 21.5. The summed E-state index contributed by atoms with van der Waals surface area (Å²) in [6.07, 6.45) is 5.58. The van der Waals surface area contributed by atoms with E-state index in [0.717, 1.165) is 46.4 Å². The molecule has 0 heterocycles. The van der Waals surface area contributed by atoms with Gasteiger partial charge in [-0.2, -0.15) is 0 Å². The van der Waals surface area contributed by atoms with Crippen LogP contribution >= 0.6 is 20.4 Å². The van der Waals surface area contributed by atoms with Crippen molar-refractivity contribution < 1.29 is 19.4 Å². The Balaban J connectivity index is 2.65. The number of benzene rings is 2. The molecule has 0 aromatic heterocycles. The van der Waals surface area contributed by atoms with Crippen molar-refractivity contribution in [2.75, 3.05) is 0 Å². The third kappa shape index (κ3) is 8.38. The van der Waals surface area contributed by atoms with Gasteiger partial charge in [0, 0.05) is 20.9 Å². The number of phenols is 1. The molecule has 0 aliphatic heterocycles. The van der Waals surface area contributed by atoms with Gasteiger partial charge in [0.05, 0.1) is 0 Å². The zero-order valence-electron chi connectivity index (χ0n) is 24.0. The molecule has 0 aliphatic carbocycles. The molecule has 202 valence electrons. The monoisotopic (exact) mass is 534 g/mol. The lowest BCUT2D eigenvalue weighted by molar-refractivity contribution is 0.369. The van der Waals surface area contributed by atoms with Crippen LogP contribution in [0.4, 0.5) is 0 Å². The summed E-state index contributed by atoms with van der Waals surface area (Å²) in [5.41, 5.74) is 4.90. The normalized spacial score (nSPS) is 12.6. The molecule has 3 N–H and O–H groups in total. The smallest absolute Gasteiger partial charge is 0.391 e. The molecule has 0 radical (unpaired) electrons. The number of rotatable bonds is 10. The summed E-state index contributed by atoms with van der Waals surface area (Å²) < 4.78 is 5.59. The largest absolute Gasteiger partial charge is 0.508 e. The summed E-state index contributed by atoms with van der Waals surface area (Å²) in [5.74, 6) is 1.61. The number of unbranched alkanes of at least 4 members (excludes halogenated alkanes) is 2. The van der Waals surface area contributed by atoms with E-state index < -0.39 is 8.60 Å². The van der Waals surface area contributed by atoms with Gasteiger partial charge in [-0.15, -0.1) is 0 Å². The predicted molar refractivity (Wildman–Crippen MR) is 155 cm³/mol. The molecule has 0 amide bonds. The summed E-state index contributed by atoms with van der Waals surface area (Å²) >= 11 is 1.75. The maximum Gasteiger partial charge on any atom is 0.391 e. The molecule has 0 spiro atoms. The van der Waals surface area contributed by atoms with Crippen molar-refractivity contribution >= 4 is 20.4 Å². The molecule has 0 saturated heterocycles. The molecule has 0 bridgehead atoms. The van der Waals surface area contributed by atoms with Crippen LogP contribution in [0.2, 0.25) is 0 Å². The predicted octanol–water partition coefficient (Wildman–Crippen LogP) is 9.10. The van der Waals surface area contributed by atoms with Crippen molar-refractivity contribution in [2.24, 2.45) is 5.92 Å². The molecule has 4 nitrogen and oxygen atoms in total. The van der Waals surface area contributed by atoms with Crippen molar-refractivity contribution in [2.45, 2.75) is 122 Å². The van der Waals surface area contributed by atoms with Crippen LogP contribution in [0, 0.1) is 19.8 Å². The molecule has 2 aromatic rings. The van der Waals surface area contributed by atoms with Gasteiger partial charge in [-0.05, 0) is 78.3 Å². The van der Waals surface area contributed by atoms with Gasteiger partial charge in [-0.1, -0.05) is 86.4 Å². The first-order valence-electron chi connectivity index (χ1n) is 13.1. The molecule has 0 atom stereocenters. The fraction of sp³-hybridized carbons (Fsp3) is 0.600. The fourth-order valence-electron chi connectivity index (χ4n) is 4.72. The summed E-state index contributed by atoms with van der Waals surface area (Å²) in [5, 5.41) is 10.6. The van der Waals surface area contributed by atoms with Crippen LogP contribution in [0.25, 0.3) is 0 Å². The van der Waals surface area contributed by atoms with Gasteiger partial charge in [0.25, 0.3) is 0 Å². The van der Waals surface area contributed by atoms with Crippen LogP contribution in [-0.2, 0) is 17.3 Å². The molecular formula is C30H47O4PS. The lowest BCUT2D eigenvalue weighted by atomic mass is 9.81. The average Bonchev–Trinajstić information content (AvgIpc) is 2.68. The Morgan fingerprint density at radius 1 is 0.889 bits per heavy atom. The molecule has 2 aromatic carbocycles. The van der Waals surface area contributed by atoms with Crippen molar-refractivity contribution in [1.82, 2.24) is 0 Å². The van der Waals surface area contributed by atoms with Gasteiger partial charge in [0.1, 0.15) is 11.5 Å². The lowest BCUT2D eigenvalue weighted by Gasteiger charge is -2.29. The first kappa shape index (κ1) is 31.0. The number of aromatic hydroxyl groups is 1. The molecule has 6 heteroatoms. The minimum Gasteiger partial charge on any atom is -0.508 e. The van der Waals surface area contributed by atoms with E-state index in [9.17, 15) is 14.9 Å². The Hall–Kier alpha value is -1.26. The standard InChI is InChI=1S/C30H47O4PS/c1-19(2)14-12-11-13-15-22-27(30(8,9)10)25(34-35(32)33)17-21(4)28(22)36-26-18-23(29(5,6)7)24(31)16-20(26)3/h16-19,31-33H,11-15H2,1-10H3. The van der Waals surface area contributed by atoms with Gasteiger partial charge in [-0.25, -0.2) is 0 Å². The highest BCUT2D eigenvalue weighted by molar-refractivity contribution is 7.99. The van der Waals surface area contributed by atoms with E-state index in [1.165, 1.54) is 23.3 Å². The quantitative estimate of drug-likeness (QED) is 0.209. The fourth-order valence-corrected chi connectivity index (χ4v) is 6.21. The Kier molecular flexibility index (Phi) is 10.8. The van der Waals surface area contributed by atoms with Crippen LogP contribution in [0.15, 0.2) is 28.0 Å². The third-order valence-electron chi connectivity index (χ3n) is 6.48. The topological polar surface area (TPSA) is 69.9 Å². The molecule has 0 saturated carbocycles. The third-order valence-corrected chi connectivity index (χ3v) is 8.27. The Morgan fingerprint density at radius 2 is 1.53 bits per heavy atom. The van der Waals surface area contributed by atoms with E-state index in [4.69, 9.17) is 4.52 Å². The zero-order valence-corrected chi connectivity index (χ0v) is 25.7. The minimum atomic E-state index is -2.51. The highest BCUT2D eigenvalue weighted by Crippen LogP contribution is 2.48. The number of hydrogen-bond acceptors (Lipinski definition) is 5. The van der Waals surface area contributed by atoms with Crippen LogP contribution in [0.3, 0.4) is 0 Å². The maximum atomic E-state index is 10.6. The number of aryl methyl sites for hydroxylation is 2. The van der Waals surface area contributed by atoms with Gasteiger partial charge < -0.3 is 19.4 Å². The van der Waals surface area contributed by atoms with E-state index in [2.05, 4.69) is 68.4 Å². The first-order valence-corrected chi connectivity index (χ1v) is 15.0. The highest BCUT2D eigenvalue weighted by atomic mass is 32.2. The molecule has 0 fully saturated rings. The second-order valence-electron chi connectivity index (χ2n) is 12.4. The van der Waals surface area contributed by atoms with Crippen molar-refractivity contribution in [1.29, 1.82) is 0 Å². The van der Waals surface area contributed by atoms with Crippen LogP contribution in [0.1, 0.15) is 109 Å². The number of hydrogen-bond donors (Lipinski definition) is 3. The molecule has 2 rings (SSSR count). The van der Waals surface area contributed by atoms with Crippen molar-refractivity contribution in [3.63, 3.8) is 0 Å². The Bertz CT molecular complexity index is 1030. The number of phenolic OH excluding ortho intramolecular Hbond substituents is 1.